The molecule has 1 N–H and O–H groups in total. The first-order valence-electron chi connectivity index (χ1n) is 7.85. The van der Waals surface area contributed by atoms with Gasteiger partial charge in [-0.25, -0.2) is 0 Å². The summed E-state index contributed by atoms with van der Waals surface area (Å²) in [5.41, 5.74) is 3.50. The van der Waals surface area contributed by atoms with Crippen LogP contribution in [0.1, 0.15) is 36.1 Å². The zero-order valence-corrected chi connectivity index (χ0v) is 15.5. The minimum absolute atomic E-state index is 0.0395. The Bertz CT molecular complexity index is 731. The number of hydrogen-bond acceptors (Lipinski definition) is 2. The number of ether oxygens (including phenoxy) is 1. The van der Waals surface area contributed by atoms with Gasteiger partial charge in [0.15, 0.2) is 6.61 Å². The summed E-state index contributed by atoms with van der Waals surface area (Å²) in [6, 6.07) is 11.1. The Kier molecular flexibility index (Phi) is 6.52. The molecule has 2 aromatic rings. The van der Waals surface area contributed by atoms with Crippen LogP contribution in [0.5, 0.6) is 5.75 Å². The Balaban J connectivity index is 1.99. The molecule has 1 unspecified atom stereocenters. The fourth-order valence-electron chi connectivity index (χ4n) is 2.59. The van der Waals surface area contributed by atoms with Gasteiger partial charge in [0.25, 0.3) is 5.91 Å². The van der Waals surface area contributed by atoms with Crippen LogP contribution in [0.25, 0.3) is 0 Å². The third kappa shape index (κ3) is 4.89. The lowest BCUT2D eigenvalue weighted by Crippen LogP contribution is -2.32. The van der Waals surface area contributed by atoms with E-state index in [1.807, 2.05) is 6.92 Å². The molecule has 0 fully saturated rings. The van der Waals surface area contributed by atoms with Crippen molar-refractivity contribution in [2.45, 2.75) is 33.2 Å². The molecule has 0 saturated heterocycles. The van der Waals surface area contributed by atoms with Crippen molar-refractivity contribution in [1.82, 2.24) is 5.32 Å². The van der Waals surface area contributed by atoms with Crippen molar-refractivity contribution in [3.8, 4) is 5.75 Å². The van der Waals surface area contributed by atoms with Crippen molar-refractivity contribution in [2.75, 3.05) is 6.61 Å². The fraction of sp³-hybridized carbons (Fsp3) is 0.316. The minimum Gasteiger partial charge on any atom is -0.482 e. The third-order valence-corrected chi connectivity index (χ3v) is 4.33. The van der Waals surface area contributed by atoms with Crippen LogP contribution in [-0.2, 0) is 4.79 Å². The van der Waals surface area contributed by atoms with E-state index < -0.39 is 0 Å². The molecule has 0 heterocycles. The molecule has 5 heteroatoms. The highest BCUT2D eigenvalue weighted by atomic mass is 35.5. The summed E-state index contributed by atoms with van der Waals surface area (Å²) in [6.07, 6.45) is 0.803. The van der Waals surface area contributed by atoms with Crippen molar-refractivity contribution in [1.29, 1.82) is 0 Å². The molecule has 1 amide bonds. The Morgan fingerprint density at radius 1 is 1.17 bits per heavy atom. The van der Waals surface area contributed by atoms with E-state index in [0.717, 1.165) is 12.0 Å². The average molecular weight is 366 g/mol. The summed E-state index contributed by atoms with van der Waals surface area (Å²) in [7, 11) is 0. The highest BCUT2D eigenvalue weighted by Gasteiger charge is 2.15. The summed E-state index contributed by atoms with van der Waals surface area (Å²) in [4.78, 5) is 12.2. The molecule has 3 nitrogen and oxygen atoms in total. The number of carbonyl (C=O) groups is 1. The first kappa shape index (κ1) is 18.6. The zero-order valence-electron chi connectivity index (χ0n) is 14.0. The van der Waals surface area contributed by atoms with Gasteiger partial charge in [-0.1, -0.05) is 53.9 Å². The Hall–Kier alpha value is -1.71. The molecule has 24 heavy (non-hydrogen) atoms. The SMILES string of the molecule is CCC(NC(=O)COc1ccc(Cl)cc1Cl)c1ccc(C)cc1C. The van der Waals surface area contributed by atoms with Crippen molar-refractivity contribution in [3.05, 3.63) is 63.1 Å². The first-order chi connectivity index (χ1) is 11.4. The summed E-state index contributed by atoms with van der Waals surface area (Å²) < 4.78 is 5.48. The van der Waals surface area contributed by atoms with Crippen LogP contribution in [0.3, 0.4) is 0 Å². The molecule has 128 valence electrons. The van der Waals surface area contributed by atoms with Gasteiger partial charge < -0.3 is 10.1 Å². The number of amides is 1. The predicted octanol–water partition coefficient (Wildman–Crippen LogP) is 5.26. The smallest absolute Gasteiger partial charge is 0.258 e. The monoisotopic (exact) mass is 365 g/mol. The van der Waals surface area contributed by atoms with Crippen LogP contribution in [0.15, 0.2) is 36.4 Å². The second-order valence-electron chi connectivity index (χ2n) is 5.75. The number of carbonyl (C=O) groups excluding carboxylic acids is 1. The van der Waals surface area contributed by atoms with Crippen LogP contribution in [0.2, 0.25) is 10.0 Å². The fourth-order valence-corrected chi connectivity index (χ4v) is 3.05. The molecule has 0 aliphatic heterocycles. The average Bonchev–Trinajstić information content (AvgIpc) is 2.52. The van der Waals surface area contributed by atoms with Gasteiger partial charge in [-0.15, -0.1) is 0 Å². The van der Waals surface area contributed by atoms with Crippen LogP contribution in [0.4, 0.5) is 0 Å². The quantitative estimate of drug-likeness (QED) is 0.758. The third-order valence-electron chi connectivity index (χ3n) is 3.80. The van der Waals surface area contributed by atoms with Crippen LogP contribution in [-0.4, -0.2) is 12.5 Å². The van der Waals surface area contributed by atoms with Gasteiger partial charge in [0.1, 0.15) is 5.75 Å². The number of halogens is 2. The Morgan fingerprint density at radius 2 is 1.92 bits per heavy atom. The number of rotatable bonds is 6. The maximum atomic E-state index is 12.2. The first-order valence-corrected chi connectivity index (χ1v) is 8.60. The number of aryl methyl sites for hydroxylation is 2. The summed E-state index contributed by atoms with van der Waals surface area (Å²) in [5.74, 6) is 0.253. The van der Waals surface area contributed by atoms with E-state index in [1.54, 1.807) is 18.2 Å². The number of benzene rings is 2. The van der Waals surface area contributed by atoms with E-state index in [1.165, 1.54) is 11.1 Å². The summed E-state index contributed by atoms with van der Waals surface area (Å²) in [5, 5.41) is 3.92. The van der Waals surface area contributed by atoms with Crippen molar-refractivity contribution in [3.63, 3.8) is 0 Å². The topological polar surface area (TPSA) is 38.3 Å². The van der Waals surface area contributed by atoms with Crippen molar-refractivity contribution < 1.29 is 9.53 Å². The molecule has 0 radical (unpaired) electrons. The second-order valence-corrected chi connectivity index (χ2v) is 6.60. The highest BCUT2D eigenvalue weighted by molar-refractivity contribution is 6.35. The summed E-state index contributed by atoms with van der Waals surface area (Å²) in [6.45, 7) is 6.06. The zero-order chi connectivity index (χ0) is 17.7. The molecule has 0 aliphatic rings. The van der Waals surface area contributed by atoms with Gasteiger partial charge in [-0.3, -0.25) is 4.79 Å². The van der Waals surface area contributed by atoms with E-state index in [-0.39, 0.29) is 18.6 Å². The molecular weight excluding hydrogens is 345 g/mol. The molecule has 2 rings (SSSR count). The van der Waals surface area contributed by atoms with Gasteiger partial charge in [-0.2, -0.15) is 0 Å². The van der Waals surface area contributed by atoms with E-state index in [0.29, 0.717) is 15.8 Å². The maximum Gasteiger partial charge on any atom is 0.258 e. The van der Waals surface area contributed by atoms with Crippen LogP contribution in [0, 0.1) is 13.8 Å². The van der Waals surface area contributed by atoms with Gasteiger partial charge in [-0.05, 0) is 49.6 Å². The van der Waals surface area contributed by atoms with Crippen LogP contribution < -0.4 is 10.1 Å². The molecule has 0 aliphatic carbocycles. The molecular formula is C19H21Cl2NO2. The Labute approximate surface area is 152 Å². The van der Waals surface area contributed by atoms with Gasteiger partial charge in [0.05, 0.1) is 11.1 Å². The Morgan fingerprint density at radius 3 is 2.54 bits per heavy atom. The van der Waals surface area contributed by atoms with Gasteiger partial charge >= 0.3 is 0 Å². The van der Waals surface area contributed by atoms with Crippen molar-refractivity contribution >= 4 is 29.1 Å². The standard InChI is InChI=1S/C19H21Cl2NO2/c1-4-17(15-7-5-12(2)9-13(15)3)22-19(23)11-24-18-8-6-14(20)10-16(18)21/h5-10,17H,4,11H2,1-3H3,(H,22,23). The molecule has 0 spiro atoms. The van der Waals surface area contributed by atoms with Gasteiger partial charge in [0.2, 0.25) is 0 Å². The number of nitrogens with one attached hydrogen (secondary N) is 1. The lowest BCUT2D eigenvalue weighted by atomic mass is 9.97. The lowest BCUT2D eigenvalue weighted by molar-refractivity contribution is -0.123. The van der Waals surface area contributed by atoms with E-state index in [9.17, 15) is 4.79 Å². The molecule has 1 atom stereocenters. The molecule has 0 aromatic heterocycles. The molecule has 0 saturated carbocycles. The second kappa shape index (κ2) is 8.41. The normalized spacial score (nSPS) is 11.9. The number of hydrogen-bond donors (Lipinski definition) is 1. The van der Waals surface area contributed by atoms with E-state index in [2.05, 4.69) is 37.4 Å². The predicted molar refractivity (Wildman–Crippen MR) is 99.0 cm³/mol. The van der Waals surface area contributed by atoms with Crippen molar-refractivity contribution in [2.24, 2.45) is 0 Å². The van der Waals surface area contributed by atoms with E-state index in [4.69, 9.17) is 27.9 Å². The van der Waals surface area contributed by atoms with E-state index >= 15 is 0 Å². The molecule has 0 bridgehead atoms. The lowest BCUT2D eigenvalue weighted by Gasteiger charge is -2.20. The molecule has 2 aromatic carbocycles. The summed E-state index contributed by atoms with van der Waals surface area (Å²) >= 11 is 11.9. The highest BCUT2D eigenvalue weighted by Crippen LogP contribution is 2.27. The minimum atomic E-state index is -0.187. The van der Waals surface area contributed by atoms with Crippen LogP contribution >= 0.6 is 23.2 Å². The maximum absolute atomic E-state index is 12.2. The largest absolute Gasteiger partial charge is 0.482 e. The van der Waals surface area contributed by atoms with Gasteiger partial charge in [0, 0.05) is 5.02 Å².